The number of aliphatic hydroxyl groups is 1. The number of thiophene rings is 1. The highest BCUT2D eigenvalue weighted by Crippen LogP contribution is 2.38. The summed E-state index contributed by atoms with van der Waals surface area (Å²) in [5.41, 5.74) is -2.68. The fourth-order valence-electron chi connectivity index (χ4n) is 2.06. The minimum absolute atomic E-state index is 0.116. The Labute approximate surface area is 117 Å². The summed E-state index contributed by atoms with van der Waals surface area (Å²) in [5, 5.41) is 11.2. The summed E-state index contributed by atoms with van der Waals surface area (Å²) in [6, 6.07) is 1.55. The number of hydrogen-bond donors (Lipinski definition) is 1. The van der Waals surface area contributed by atoms with Crippen LogP contribution in [0.1, 0.15) is 22.5 Å². The van der Waals surface area contributed by atoms with Gasteiger partial charge in [0.15, 0.2) is 5.60 Å². The fourth-order valence-corrected chi connectivity index (χ4v) is 2.88. The van der Waals surface area contributed by atoms with Crippen molar-refractivity contribution in [2.75, 3.05) is 20.2 Å². The minimum atomic E-state index is -4.66. The number of likely N-dealkylation sites (tertiary alicyclic amines) is 1. The topological polar surface area (TPSA) is 49.8 Å². The SMILES string of the molecule is COc1csc(C(=O)N2CCC(O)(C(F)(F)F)CC2)c1. The van der Waals surface area contributed by atoms with Crippen molar-refractivity contribution in [2.24, 2.45) is 0 Å². The highest BCUT2D eigenvalue weighted by Gasteiger charge is 2.54. The molecule has 20 heavy (non-hydrogen) atoms. The summed E-state index contributed by atoms with van der Waals surface area (Å²) < 4.78 is 42.9. The summed E-state index contributed by atoms with van der Waals surface area (Å²) in [7, 11) is 1.47. The summed E-state index contributed by atoms with van der Waals surface area (Å²) in [5.74, 6) is 0.213. The average molecular weight is 309 g/mol. The van der Waals surface area contributed by atoms with Gasteiger partial charge in [0.2, 0.25) is 0 Å². The molecule has 2 heterocycles. The van der Waals surface area contributed by atoms with Crippen LogP contribution in [0.2, 0.25) is 0 Å². The van der Waals surface area contributed by atoms with Crippen molar-refractivity contribution >= 4 is 17.2 Å². The number of piperidine rings is 1. The molecule has 1 aromatic rings. The highest BCUT2D eigenvalue weighted by molar-refractivity contribution is 7.12. The first-order valence-corrected chi connectivity index (χ1v) is 6.86. The zero-order chi connectivity index (χ0) is 15.0. The van der Waals surface area contributed by atoms with Gasteiger partial charge < -0.3 is 14.7 Å². The zero-order valence-corrected chi connectivity index (χ0v) is 11.6. The van der Waals surface area contributed by atoms with Crippen LogP contribution in [-0.4, -0.2) is 47.9 Å². The van der Waals surface area contributed by atoms with Crippen LogP contribution >= 0.6 is 11.3 Å². The Bertz CT molecular complexity index is 492. The van der Waals surface area contributed by atoms with Gasteiger partial charge in [-0.3, -0.25) is 4.79 Å². The molecular formula is C12H14F3NO3S. The molecule has 0 aliphatic carbocycles. The second-order valence-corrected chi connectivity index (χ2v) is 5.58. The standard InChI is InChI=1S/C12H14F3NO3S/c1-19-8-6-9(20-7-8)10(17)16-4-2-11(18,3-5-16)12(13,14)15/h6-7,18H,2-5H2,1H3. The van der Waals surface area contributed by atoms with Crippen molar-refractivity contribution in [1.82, 2.24) is 4.90 Å². The average Bonchev–Trinajstić information content (AvgIpc) is 2.86. The van der Waals surface area contributed by atoms with E-state index in [9.17, 15) is 23.1 Å². The molecule has 8 heteroatoms. The number of carbonyl (C=O) groups is 1. The van der Waals surface area contributed by atoms with E-state index in [-0.39, 0.29) is 19.0 Å². The highest BCUT2D eigenvalue weighted by atomic mass is 32.1. The maximum absolute atomic E-state index is 12.7. The fraction of sp³-hybridized carbons (Fsp3) is 0.583. The molecular weight excluding hydrogens is 295 g/mol. The molecule has 4 nitrogen and oxygen atoms in total. The van der Waals surface area contributed by atoms with Crippen LogP contribution in [0.5, 0.6) is 5.75 Å². The van der Waals surface area contributed by atoms with E-state index < -0.39 is 24.6 Å². The van der Waals surface area contributed by atoms with Crippen LogP contribution in [0, 0.1) is 0 Å². The van der Waals surface area contributed by atoms with Crippen LogP contribution in [0.3, 0.4) is 0 Å². The van der Waals surface area contributed by atoms with Gasteiger partial charge in [-0.15, -0.1) is 11.3 Å². The molecule has 1 fully saturated rings. The van der Waals surface area contributed by atoms with E-state index in [1.165, 1.54) is 23.3 Å². The largest absolute Gasteiger partial charge is 0.496 e. The smallest absolute Gasteiger partial charge is 0.417 e. The molecule has 0 spiro atoms. The summed E-state index contributed by atoms with van der Waals surface area (Å²) >= 11 is 1.18. The number of halogens is 3. The van der Waals surface area contributed by atoms with E-state index in [0.29, 0.717) is 10.6 Å². The van der Waals surface area contributed by atoms with Gasteiger partial charge in [0.05, 0.1) is 12.0 Å². The number of hydrogen-bond acceptors (Lipinski definition) is 4. The molecule has 0 atom stereocenters. The van der Waals surface area contributed by atoms with Crippen LogP contribution in [0.4, 0.5) is 13.2 Å². The third-order valence-corrected chi connectivity index (χ3v) is 4.32. The summed E-state index contributed by atoms with van der Waals surface area (Å²) in [6.45, 7) is -0.232. The van der Waals surface area contributed by atoms with Gasteiger partial charge in [0, 0.05) is 37.4 Å². The van der Waals surface area contributed by atoms with E-state index in [4.69, 9.17) is 4.74 Å². The molecule has 2 rings (SSSR count). The molecule has 0 unspecified atom stereocenters. The third kappa shape index (κ3) is 2.76. The van der Waals surface area contributed by atoms with Gasteiger partial charge in [0.1, 0.15) is 5.75 Å². The molecule has 112 valence electrons. The predicted molar refractivity (Wildman–Crippen MR) is 67.0 cm³/mol. The first-order chi connectivity index (χ1) is 9.27. The van der Waals surface area contributed by atoms with Crippen molar-refractivity contribution in [3.8, 4) is 5.75 Å². The van der Waals surface area contributed by atoms with Gasteiger partial charge >= 0.3 is 6.18 Å². The van der Waals surface area contributed by atoms with Crippen molar-refractivity contribution in [3.63, 3.8) is 0 Å². The van der Waals surface area contributed by atoms with E-state index in [0.717, 1.165) is 0 Å². The first kappa shape index (κ1) is 15.1. The van der Waals surface area contributed by atoms with Gasteiger partial charge in [-0.05, 0) is 0 Å². The maximum atomic E-state index is 12.7. The monoisotopic (exact) mass is 309 g/mol. The van der Waals surface area contributed by atoms with Crippen LogP contribution in [-0.2, 0) is 0 Å². The zero-order valence-electron chi connectivity index (χ0n) is 10.7. The molecule has 0 radical (unpaired) electrons. The van der Waals surface area contributed by atoms with E-state index in [1.807, 2.05) is 0 Å². The van der Waals surface area contributed by atoms with Gasteiger partial charge in [-0.25, -0.2) is 0 Å². The molecule has 1 aromatic heterocycles. The van der Waals surface area contributed by atoms with Gasteiger partial charge in [-0.1, -0.05) is 0 Å². The number of rotatable bonds is 2. The van der Waals surface area contributed by atoms with Crippen LogP contribution < -0.4 is 4.74 Å². The molecule has 0 bridgehead atoms. The van der Waals surface area contributed by atoms with Gasteiger partial charge in [0.25, 0.3) is 5.91 Å². The third-order valence-electron chi connectivity index (χ3n) is 3.43. The Morgan fingerprint density at radius 3 is 2.50 bits per heavy atom. The number of nitrogens with zero attached hydrogens (tertiary/aromatic N) is 1. The Kier molecular flexibility index (Phi) is 3.97. The van der Waals surface area contributed by atoms with E-state index in [2.05, 4.69) is 0 Å². The molecule has 0 saturated carbocycles. The second-order valence-electron chi connectivity index (χ2n) is 4.67. The van der Waals surface area contributed by atoms with Crippen molar-refractivity contribution in [2.45, 2.75) is 24.6 Å². The maximum Gasteiger partial charge on any atom is 0.417 e. The van der Waals surface area contributed by atoms with E-state index in [1.54, 1.807) is 11.4 Å². The van der Waals surface area contributed by atoms with Gasteiger partial charge in [-0.2, -0.15) is 13.2 Å². The van der Waals surface area contributed by atoms with Crippen molar-refractivity contribution in [1.29, 1.82) is 0 Å². The van der Waals surface area contributed by atoms with E-state index >= 15 is 0 Å². The second kappa shape index (κ2) is 5.25. The quantitative estimate of drug-likeness (QED) is 0.912. The molecule has 1 aliphatic rings. The lowest BCUT2D eigenvalue weighted by Gasteiger charge is -2.38. The number of ether oxygens (including phenoxy) is 1. The van der Waals surface area contributed by atoms with Crippen LogP contribution in [0.25, 0.3) is 0 Å². The Morgan fingerprint density at radius 2 is 2.05 bits per heavy atom. The first-order valence-electron chi connectivity index (χ1n) is 5.98. The summed E-state index contributed by atoms with van der Waals surface area (Å²) in [6.07, 6.45) is -5.65. The Hall–Kier alpha value is -1.28. The molecule has 1 amide bonds. The Balaban J connectivity index is 2.02. The molecule has 1 aliphatic heterocycles. The number of methoxy groups -OCH3 is 1. The van der Waals surface area contributed by atoms with Crippen molar-refractivity contribution < 1.29 is 27.8 Å². The summed E-state index contributed by atoms with van der Waals surface area (Å²) in [4.78, 5) is 13.8. The Morgan fingerprint density at radius 1 is 1.45 bits per heavy atom. The number of amides is 1. The number of alkyl halides is 3. The molecule has 1 saturated heterocycles. The lowest BCUT2D eigenvalue weighted by atomic mass is 9.91. The minimum Gasteiger partial charge on any atom is -0.496 e. The lowest BCUT2D eigenvalue weighted by molar-refractivity contribution is -0.271. The molecule has 0 aromatic carbocycles. The lowest BCUT2D eigenvalue weighted by Crippen LogP contribution is -2.54. The van der Waals surface area contributed by atoms with Crippen molar-refractivity contribution in [3.05, 3.63) is 16.3 Å². The molecule has 1 N–H and O–H groups in total. The van der Waals surface area contributed by atoms with Crippen LogP contribution in [0.15, 0.2) is 11.4 Å². The normalized spacial score (nSPS) is 18.9. The predicted octanol–water partition coefficient (Wildman–Crippen LogP) is 2.29. The number of carbonyl (C=O) groups excluding carboxylic acids is 1.